The first-order valence-corrected chi connectivity index (χ1v) is 8.80. The minimum atomic E-state index is 0.187. The van der Waals surface area contributed by atoms with Gasteiger partial charge in [-0.05, 0) is 44.3 Å². The molecule has 0 bridgehead atoms. The fourth-order valence-electron chi connectivity index (χ4n) is 3.58. The summed E-state index contributed by atoms with van der Waals surface area (Å²) in [6, 6.07) is 0.706. The second-order valence-corrected chi connectivity index (χ2v) is 7.69. The molecule has 0 aromatic heterocycles. The van der Waals surface area contributed by atoms with Crippen LogP contribution >= 0.6 is 11.8 Å². The zero-order valence-electron chi connectivity index (χ0n) is 12.3. The number of amides is 1. The summed E-state index contributed by atoms with van der Waals surface area (Å²) in [4.78, 5) is 14.6. The Balaban J connectivity index is 1.85. The van der Waals surface area contributed by atoms with E-state index in [9.17, 15) is 4.79 Å². The first kappa shape index (κ1) is 15.2. The Kier molecular flexibility index (Phi) is 5.58. The van der Waals surface area contributed by atoms with Crippen molar-refractivity contribution in [2.75, 3.05) is 12.8 Å². The van der Waals surface area contributed by atoms with E-state index in [1.165, 1.54) is 25.0 Å². The van der Waals surface area contributed by atoms with Crippen molar-refractivity contribution in [2.24, 2.45) is 11.7 Å². The smallest absolute Gasteiger partial charge is 0.225 e. The molecular weight excluding hydrogens is 256 g/mol. The van der Waals surface area contributed by atoms with E-state index < -0.39 is 0 Å². The summed E-state index contributed by atoms with van der Waals surface area (Å²) in [6.45, 7) is 2.22. The van der Waals surface area contributed by atoms with Crippen molar-refractivity contribution in [3.63, 3.8) is 0 Å². The molecule has 2 saturated carbocycles. The third kappa shape index (κ3) is 3.88. The van der Waals surface area contributed by atoms with Crippen LogP contribution in [-0.2, 0) is 4.79 Å². The van der Waals surface area contributed by atoms with E-state index in [-0.39, 0.29) is 12.0 Å². The highest BCUT2D eigenvalue weighted by atomic mass is 32.2. The number of carbonyl (C=O) groups is 1. The molecular formula is C15H28N2OS. The molecule has 4 unspecified atom stereocenters. The number of nitrogens with two attached hydrogens (primary N) is 1. The van der Waals surface area contributed by atoms with E-state index in [1.807, 2.05) is 23.7 Å². The highest BCUT2D eigenvalue weighted by Crippen LogP contribution is 2.34. The van der Waals surface area contributed by atoms with Gasteiger partial charge in [0.25, 0.3) is 0 Å². The molecule has 2 fully saturated rings. The quantitative estimate of drug-likeness (QED) is 0.863. The van der Waals surface area contributed by atoms with E-state index in [0.717, 1.165) is 30.9 Å². The summed E-state index contributed by atoms with van der Waals surface area (Å²) in [5, 5.41) is 0.763. The molecule has 4 atom stereocenters. The number of nitrogens with zero attached hydrogens (tertiary/aromatic N) is 1. The van der Waals surface area contributed by atoms with E-state index in [1.54, 1.807) is 0 Å². The molecule has 0 spiro atoms. The van der Waals surface area contributed by atoms with Gasteiger partial charge in [0.05, 0.1) is 0 Å². The first-order chi connectivity index (χ1) is 9.11. The van der Waals surface area contributed by atoms with Gasteiger partial charge in [0.1, 0.15) is 0 Å². The lowest BCUT2D eigenvalue weighted by atomic mass is 9.85. The predicted octanol–water partition coefficient (Wildman–Crippen LogP) is 2.64. The maximum absolute atomic E-state index is 12.6. The summed E-state index contributed by atoms with van der Waals surface area (Å²) in [6.07, 6.45) is 7.76. The van der Waals surface area contributed by atoms with Gasteiger partial charge in [0.15, 0.2) is 0 Å². The van der Waals surface area contributed by atoms with Crippen molar-refractivity contribution < 1.29 is 4.79 Å². The molecule has 19 heavy (non-hydrogen) atoms. The highest BCUT2D eigenvalue weighted by molar-refractivity contribution is 7.99. The van der Waals surface area contributed by atoms with Crippen LogP contribution in [0.2, 0.25) is 0 Å². The number of hydrogen-bond acceptors (Lipinski definition) is 3. The van der Waals surface area contributed by atoms with Gasteiger partial charge in [0.2, 0.25) is 5.91 Å². The molecule has 2 aliphatic rings. The molecule has 3 nitrogen and oxygen atoms in total. The second-order valence-electron chi connectivity index (χ2n) is 6.12. The third-order valence-corrected chi connectivity index (χ3v) is 5.95. The van der Waals surface area contributed by atoms with Crippen LogP contribution in [0.15, 0.2) is 0 Å². The maximum Gasteiger partial charge on any atom is 0.225 e. The molecule has 0 radical (unpaired) electrons. The number of rotatable bonds is 4. The lowest BCUT2D eigenvalue weighted by molar-refractivity contribution is -0.137. The molecule has 0 saturated heterocycles. The Labute approximate surface area is 121 Å². The highest BCUT2D eigenvalue weighted by Gasteiger charge is 2.34. The number of hydrogen-bond donors (Lipinski definition) is 1. The van der Waals surface area contributed by atoms with E-state index in [0.29, 0.717) is 11.9 Å². The van der Waals surface area contributed by atoms with Gasteiger partial charge in [-0.3, -0.25) is 4.79 Å². The molecule has 1 amide bonds. The molecule has 110 valence electrons. The predicted molar refractivity (Wildman–Crippen MR) is 82.3 cm³/mol. The van der Waals surface area contributed by atoms with Crippen molar-refractivity contribution >= 4 is 17.7 Å². The van der Waals surface area contributed by atoms with Gasteiger partial charge in [-0.25, -0.2) is 0 Å². The summed E-state index contributed by atoms with van der Waals surface area (Å²) in [5.74, 6) is 1.72. The van der Waals surface area contributed by atoms with Crippen molar-refractivity contribution in [1.29, 1.82) is 0 Å². The standard InChI is InChI=1S/C15H28N2OS/c1-3-19-14-8-7-13(10-14)17(2)15(18)11-5-4-6-12(16)9-11/h11-14H,3-10,16H2,1-2H3. The monoisotopic (exact) mass is 284 g/mol. The Morgan fingerprint density at radius 1 is 1.26 bits per heavy atom. The van der Waals surface area contributed by atoms with Crippen molar-refractivity contribution in [2.45, 2.75) is 69.2 Å². The van der Waals surface area contributed by atoms with Gasteiger partial charge in [-0.1, -0.05) is 13.3 Å². The molecule has 4 heteroatoms. The van der Waals surface area contributed by atoms with Gasteiger partial charge >= 0.3 is 0 Å². The Bertz CT molecular complexity index is 311. The molecule has 2 aliphatic carbocycles. The molecule has 0 aromatic rings. The van der Waals surface area contributed by atoms with Crippen LogP contribution in [0.1, 0.15) is 51.9 Å². The van der Waals surface area contributed by atoms with Gasteiger partial charge in [-0.2, -0.15) is 11.8 Å². The first-order valence-electron chi connectivity index (χ1n) is 7.75. The lowest BCUT2D eigenvalue weighted by Gasteiger charge is -2.32. The van der Waals surface area contributed by atoms with Crippen molar-refractivity contribution in [1.82, 2.24) is 4.90 Å². The summed E-state index contributed by atoms with van der Waals surface area (Å²) >= 11 is 2.05. The van der Waals surface area contributed by atoms with Crippen molar-refractivity contribution in [3.05, 3.63) is 0 Å². The van der Waals surface area contributed by atoms with Gasteiger partial charge in [-0.15, -0.1) is 0 Å². The Hall–Kier alpha value is -0.220. The summed E-state index contributed by atoms with van der Waals surface area (Å²) in [5.41, 5.74) is 6.00. The van der Waals surface area contributed by atoms with Crippen molar-refractivity contribution in [3.8, 4) is 0 Å². The average Bonchev–Trinajstić information content (AvgIpc) is 2.86. The Morgan fingerprint density at radius 3 is 2.74 bits per heavy atom. The fourth-order valence-corrected chi connectivity index (χ4v) is 4.71. The van der Waals surface area contributed by atoms with Crippen LogP contribution < -0.4 is 5.73 Å². The molecule has 2 N–H and O–H groups in total. The second kappa shape index (κ2) is 6.98. The van der Waals surface area contributed by atoms with E-state index in [2.05, 4.69) is 6.92 Å². The average molecular weight is 284 g/mol. The zero-order valence-corrected chi connectivity index (χ0v) is 13.1. The fraction of sp³-hybridized carbons (Fsp3) is 0.933. The number of thioether (sulfide) groups is 1. The topological polar surface area (TPSA) is 46.3 Å². The molecule has 0 aliphatic heterocycles. The van der Waals surface area contributed by atoms with Crippen LogP contribution in [0.3, 0.4) is 0 Å². The Morgan fingerprint density at radius 2 is 2.05 bits per heavy atom. The van der Waals surface area contributed by atoms with Crippen LogP contribution in [0.25, 0.3) is 0 Å². The van der Waals surface area contributed by atoms with Crippen LogP contribution in [0, 0.1) is 5.92 Å². The molecule has 0 aromatic carbocycles. The van der Waals surface area contributed by atoms with Crippen LogP contribution in [0.4, 0.5) is 0 Å². The lowest BCUT2D eigenvalue weighted by Crippen LogP contribution is -2.42. The zero-order chi connectivity index (χ0) is 13.8. The largest absolute Gasteiger partial charge is 0.342 e. The van der Waals surface area contributed by atoms with Crippen LogP contribution in [-0.4, -0.2) is 40.9 Å². The minimum Gasteiger partial charge on any atom is -0.342 e. The molecule has 2 rings (SSSR count). The maximum atomic E-state index is 12.6. The molecule has 0 heterocycles. The number of carbonyl (C=O) groups excluding carboxylic acids is 1. The summed E-state index contributed by atoms with van der Waals surface area (Å²) in [7, 11) is 2.01. The third-order valence-electron chi connectivity index (χ3n) is 4.72. The van der Waals surface area contributed by atoms with Crippen LogP contribution in [0.5, 0.6) is 0 Å². The van der Waals surface area contributed by atoms with E-state index in [4.69, 9.17) is 5.73 Å². The normalized spacial score (nSPS) is 35.3. The van der Waals surface area contributed by atoms with Gasteiger partial charge in [0, 0.05) is 30.3 Å². The summed E-state index contributed by atoms with van der Waals surface area (Å²) < 4.78 is 0. The van der Waals surface area contributed by atoms with E-state index >= 15 is 0 Å². The SMILES string of the molecule is CCSC1CCC(N(C)C(=O)C2CCCC(N)C2)C1. The van der Waals surface area contributed by atoms with Gasteiger partial charge < -0.3 is 10.6 Å². The minimum absolute atomic E-state index is 0.187.